The summed E-state index contributed by atoms with van der Waals surface area (Å²) < 4.78 is 0. The molecular formula is C11H19N. The van der Waals surface area contributed by atoms with E-state index in [1.807, 2.05) is 0 Å². The van der Waals surface area contributed by atoms with Crippen molar-refractivity contribution in [3.63, 3.8) is 0 Å². The molecule has 0 bridgehead atoms. The molecule has 0 aliphatic heterocycles. The molecule has 2 fully saturated rings. The summed E-state index contributed by atoms with van der Waals surface area (Å²) in [5.74, 6) is 1.59. The highest BCUT2D eigenvalue weighted by Gasteiger charge is 2.47. The third kappa shape index (κ3) is 1.37. The lowest BCUT2D eigenvalue weighted by molar-refractivity contribution is 0.336. The van der Waals surface area contributed by atoms with Crippen LogP contribution in [0, 0.1) is 17.3 Å². The second-order valence-electron chi connectivity index (χ2n) is 5.37. The van der Waals surface area contributed by atoms with Crippen LogP contribution >= 0.6 is 0 Å². The molecule has 2 atom stereocenters. The van der Waals surface area contributed by atoms with E-state index in [2.05, 4.69) is 20.8 Å². The third-order valence-electron chi connectivity index (χ3n) is 3.21. The van der Waals surface area contributed by atoms with Crippen LogP contribution in [0.5, 0.6) is 0 Å². The van der Waals surface area contributed by atoms with Crippen molar-refractivity contribution in [1.82, 2.24) is 0 Å². The predicted molar refractivity (Wildman–Crippen MR) is 51.5 cm³/mol. The fourth-order valence-corrected chi connectivity index (χ4v) is 2.11. The van der Waals surface area contributed by atoms with Gasteiger partial charge >= 0.3 is 0 Å². The van der Waals surface area contributed by atoms with Gasteiger partial charge in [-0.1, -0.05) is 26.3 Å². The van der Waals surface area contributed by atoms with Gasteiger partial charge in [-0.2, -0.15) is 0 Å². The molecule has 0 aromatic carbocycles. The molecule has 0 aromatic rings. The molecule has 0 spiro atoms. The standard InChI is InChI=1S/C11H19N/c1-11(2,3)9-6-8(9)10(12)7-4-5-7/h8-9H,4-6,12H2,1-3H3. The summed E-state index contributed by atoms with van der Waals surface area (Å²) in [6, 6.07) is 0. The minimum absolute atomic E-state index is 0.463. The minimum Gasteiger partial charge on any atom is -0.402 e. The van der Waals surface area contributed by atoms with Crippen LogP contribution in [-0.4, -0.2) is 0 Å². The Labute approximate surface area is 75.0 Å². The van der Waals surface area contributed by atoms with Gasteiger partial charge in [-0.25, -0.2) is 0 Å². The molecule has 2 unspecified atom stereocenters. The van der Waals surface area contributed by atoms with Gasteiger partial charge in [0, 0.05) is 11.6 Å². The van der Waals surface area contributed by atoms with Crippen molar-refractivity contribution in [2.45, 2.75) is 40.0 Å². The molecule has 0 radical (unpaired) electrons. The first-order valence-corrected chi connectivity index (χ1v) is 4.97. The van der Waals surface area contributed by atoms with E-state index in [-0.39, 0.29) is 0 Å². The van der Waals surface area contributed by atoms with Gasteiger partial charge in [0.1, 0.15) is 0 Å². The van der Waals surface area contributed by atoms with E-state index in [0.29, 0.717) is 5.41 Å². The van der Waals surface area contributed by atoms with E-state index < -0.39 is 0 Å². The number of rotatable bonds is 1. The second-order valence-corrected chi connectivity index (χ2v) is 5.37. The van der Waals surface area contributed by atoms with Crippen molar-refractivity contribution >= 4 is 0 Å². The van der Waals surface area contributed by atoms with Crippen molar-refractivity contribution in [2.24, 2.45) is 23.0 Å². The molecule has 12 heavy (non-hydrogen) atoms. The Morgan fingerprint density at radius 2 is 1.92 bits per heavy atom. The van der Waals surface area contributed by atoms with E-state index >= 15 is 0 Å². The van der Waals surface area contributed by atoms with Crippen LogP contribution in [0.15, 0.2) is 11.3 Å². The van der Waals surface area contributed by atoms with Gasteiger partial charge in [0.15, 0.2) is 0 Å². The zero-order valence-corrected chi connectivity index (χ0v) is 8.35. The predicted octanol–water partition coefficient (Wildman–Crippen LogP) is 2.68. The largest absolute Gasteiger partial charge is 0.402 e. The summed E-state index contributed by atoms with van der Waals surface area (Å²) in [4.78, 5) is 0. The molecule has 1 nitrogen and oxygen atoms in total. The third-order valence-corrected chi connectivity index (χ3v) is 3.21. The Kier molecular flexibility index (Phi) is 1.54. The molecule has 2 aliphatic rings. The van der Waals surface area contributed by atoms with Crippen LogP contribution in [-0.2, 0) is 0 Å². The molecule has 68 valence electrons. The lowest BCUT2D eigenvalue weighted by atomic mass is 9.88. The summed E-state index contributed by atoms with van der Waals surface area (Å²) in [6.07, 6.45) is 3.89. The molecule has 2 aliphatic carbocycles. The van der Waals surface area contributed by atoms with Gasteiger partial charge in [0.25, 0.3) is 0 Å². The first-order chi connectivity index (χ1) is 5.50. The molecule has 2 saturated carbocycles. The van der Waals surface area contributed by atoms with Crippen LogP contribution in [0.1, 0.15) is 40.0 Å². The van der Waals surface area contributed by atoms with Crippen LogP contribution < -0.4 is 5.73 Å². The van der Waals surface area contributed by atoms with Crippen molar-refractivity contribution in [3.05, 3.63) is 11.3 Å². The fourth-order valence-electron chi connectivity index (χ4n) is 2.11. The van der Waals surface area contributed by atoms with Gasteiger partial charge < -0.3 is 5.73 Å². The van der Waals surface area contributed by atoms with Gasteiger partial charge in [0.05, 0.1) is 0 Å². The van der Waals surface area contributed by atoms with E-state index in [4.69, 9.17) is 5.73 Å². The van der Waals surface area contributed by atoms with Crippen LogP contribution in [0.3, 0.4) is 0 Å². The normalized spacial score (nSPS) is 33.4. The fraction of sp³-hybridized carbons (Fsp3) is 0.818. The molecule has 0 amide bonds. The summed E-state index contributed by atoms with van der Waals surface area (Å²) >= 11 is 0. The Hall–Kier alpha value is -0.460. The lowest BCUT2D eigenvalue weighted by Crippen LogP contribution is -2.12. The Morgan fingerprint density at radius 1 is 1.33 bits per heavy atom. The maximum atomic E-state index is 6.05. The molecule has 0 heterocycles. The summed E-state index contributed by atoms with van der Waals surface area (Å²) in [7, 11) is 0. The highest BCUT2D eigenvalue weighted by molar-refractivity contribution is 5.28. The smallest absolute Gasteiger partial charge is 0.0107 e. The van der Waals surface area contributed by atoms with Gasteiger partial charge in [0.2, 0.25) is 0 Å². The lowest BCUT2D eigenvalue weighted by Gasteiger charge is -2.18. The number of hydrogen-bond donors (Lipinski definition) is 1. The zero-order chi connectivity index (χ0) is 8.93. The molecule has 0 saturated heterocycles. The van der Waals surface area contributed by atoms with E-state index in [1.54, 1.807) is 5.57 Å². The SMILES string of the molecule is CC(C)(C)C1CC1C(N)=C1CC1. The molecule has 1 heteroatoms. The average Bonchev–Trinajstić information content (AvgIpc) is 2.81. The number of allylic oxidation sites excluding steroid dienone is 2. The Morgan fingerprint density at radius 3 is 2.25 bits per heavy atom. The second kappa shape index (κ2) is 2.27. The van der Waals surface area contributed by atoms with Gasteiger partial charge in [-0.15, -0.1) is 0 Å². The molecular weight excluding hydrogens is 146 g/mol. The van der Waals surface area contributed by atoms with Gasteiger partial charge in [-0.3, -0.25) is 0 Å². The van der Waals surface area contributed by atoms with Crippen molar-refractivity contribution in [2.75, 3.05) is 0 Å². The minimum atomic E-state index is 0.463. The van der Waals surface area contributed by atoms with Gasteiger partial charge in [-0.05, 0) is 30.6 Å². The van der Waals surface area contributed by atoms with Crippen molar-refractivity contribution in [3.8, 4) is 0 Å². The summed E-state index contributed by atoms with van der Waals surface area (Å²) in [5.41, 5.74) is 9.31. The highest BCUT2D eigenvalue weighted by atomic mass is 14.7. The van der Waals surface area contributed by atoms with Crippen molar-refractivity contribution < 1.29 is 0 Å². The first-order valence-electron chi connectivity index (χ1n) is 4.97. The van der Waals surface area contributed by atoms with E-state index in [9.17, 15) is 0 Å². The topological polar surface area (TPSA) is 26.0 Å². The molecule has 2 N–H and O–H groups in total. The van der Waals surface area contributed by atoms with E-state index in [0.717, 1.165) is 11.8 Å². The quantitative estimate of drug-likeness (QED) is 0.635. The maximum absolute atomic E-state index is 6.05. The van der Waals surface area contributed by atoms with Crippen LogP contribution in [0.2, 0.25) is 0 Å². The molecule has 2 rings (SSSR count). The number of hydrogen-bond acceptors (Lipinski definition) is 1. The Balaban J connectivity index is 2.00. The van der Waals surface area contributed by atoms with E-state index in [1.165, 1.54) is 25.0 Å². The average molecular weight is 165 g/mol. The summed E-state index contributed by atoms with van der Waals surface area (Å²) in [6.45, 7) is 6.97. The van der Waals surface area contributed by atoms with Crippen LogP contribution in [0.25, 0.3) is 0 Å². The molecule has 0 aromatic heterocycles. The van der Waals surface area contributed by atoms with Crippen molar-refractivity contribution in [1.29, 1.82) is 0 Å². The van der Waals surface area contributed by atoms with Crippen LogP contribution in [0.4, 0.5) is 0 Å². The Bertz CT molecular complexity index is 226. The number of nitrogens with two attached hydrogens (primary N) is 1. The first kappa shape index (κ1) is 8.15. The monoisotopic (exact) mass is 165 g/mol. The summed E-state index contributed by atoms with van der Waals surface area (Å²) in [5, 5.41) is 0. The highest BCUT2D eigenvalue weighted by Crippen LogP contribution is 2.55. The zero-order valence-electron chi connectivity index (χ0n) is 8.35. The maximum Gasteiger partial charge on any atom is 0.0107 e.